The first-order valence-corrected chi connectivity index (χ1v) is 9.40. The van der Waals surface area contributed by atoms with E-state index in [9.17, 15) is 9.59 Å². The largest absolute Gasteiger partial charge is 0.459 e. The van der Waals surface area contributed by atoms with Crippen LogP contribution in [0.2, 0.25) is 0 Å². The van der Waals surface area contributed by atoms with Gasteiger partial charge in [-0.25, -0.2) is 4.79 Å². The number of amides is 3. The van der Waals surface area contributed by atoms with E-state index in [0.29, 0.717) is 17.0 Å². The van der Waals surface area contributed by atoms with Crippen molar-refractivity contribution in [3.8, 4) is 0 Å². The third-order valence-electron chi connectivity index (χ3n) is 4.63. The number of carbonyl (C=O) groups is 2. The number of anilines is 1. The minimum absolute atomic E-state index is 0.113. The summed E-state index contributed by atoms with van der Waals surface area (Å²) in [4.78, 5) is 24.4. The Balaban J connectivity index is 1.58. The van der Waals surface area contributed by atoms with Gasteiger partial charge in [0.25, 0.3) is 5.91 Å². The number of hydrogen-bond acceptors (Lipinski definition) is 3. The molecule has 0 saturated carbocycles. The molecule has 1 aromatic heterocycles. The lowest BCUT2D eigenvalue weighted by Gasteiger charge is -2.13. The fraction of sp³-hybridized carbons (Fsp3) is 0.273. The van der Waals surface area contributed by atoms with Gasteiger partial charge >= 0.3 is 6.03 Å². The van der Waals surface area contributed by atoms with Gasteiger partial charge in [0.1, 0.15) is 11.3 Å². The third kappa shape index (κ3) is 4.71. The van der Waals surface area contributed by atoms with E-state index in [-0.39, 0.29) is 24.5 Å². The van der Waals surface area contributed by atoms with Crippen molar-refractivity contribution < 1.29 is 14.0 Å². The fourth-order valence-electron chi connectivity index (χ4n) is 2.81. The van der Waals surface area contributed by atoms with Crippen molar-refractivity contribution in [2.24, 2.45) is 0 Å². The van der Waals surface area contributed by atoms with Crippen LogP contribution in [-0.4, -0.2) is 18.0 Å². The van der Waals surface area contributed by atoms with Crippen LogP contribution < -0.4 is 16.0 Å². The van der Waals surface area contributed by atoms with Crippen LogP contribution in [0, 0.1) is 6.92 Å². The first kappa shape index (κ1) is 19.5. The number of nitrogens with one attached hydrogen (secondary N) is 3. The van der Waals surface area contributed by atoms with Gasteiger partial charge in [-0.15, -0.1) is 0 Å². The fourth-order valence-corrected chi connectivity index (χ4v) is 2.81. The number of hydrogen-bond donors (Lipinski definition) is 3. The second kappa shape index (κ2) is 8.61. The Hall–Kier alpha value is -3.28. The number of aryl methyl sites for hydroxylation is 1. The number of urea groups is 1. The average molecular weight is 379 g/mol. The first-order valence-electron chi connectivity index (χ1n) is 9.40. The molecule has 6 heteroatoms. The molecule has 146 valence electrons. The van der Waals surface area contributed by atoms with Crippen molar-refractivity contribution in [2.45, 2.75) is 39.8 Å². The van der Waals surface area contributed by atoms with Crippen LogP contribution in [0.4, 0.5) is 10.5 Å². The van der Waals surface area contributed by atoms with Crippen LogP contribution >= 0.6 is 0 Å². The van der Waals surface area contributed by atoms with Crippen molar-refractivity contribution in [1.29, 1.82) is 0 Å². The lowest BCUT2D eigenvalue weighted by Crippen LogP contribution is -2.32. The second-order valence-electron chi connectivity index (χ2n) is 6.87. The molecule has 0 saturated heterocycles. The maximum atomic E-state index is 12.2. The van der Waals surface area contributed by atoms with E-state index in [1.165, 1.54) is 0 Å². The van der Waals surface area contributed by atoms with Crippen LogP contribution in [0.5, 0.6) is 0 Å². The SMILES string of the molecule is CCC(C)NC(=O)c1ccc(NC(=O)NCc2cc3ccccc3o2)c(C)c1. The predicted molar refractivity (Wildman–Crippen MR) is 110 cm³/mol. The van der Waals surface area contributed by atoms with E-state index >= 15 is 0 Å². The molecule has 3 rings (SSSR count). The van der Waals surface area contributed by atoms with Gasteiger partial charge in [-0.05, 0) is 56.2 Å². The molecular weight excluding hydrogens is 354 g/mol. The van der Waals surface area contributed by atoms with Crippen molar-refractivity contribution in [1.82, 2.24) is 10.6 Å². The molecule has 3 amide bonds. The van der Waals surface area contributed by atoms with E-state index in [0.717, 1.165) is 23.0 Å². The monoisotopic (exact) mass is 379 g/mol. The quantitative estimate of drug-likeness (QED) is 0.586. The molecule has 2 aromatic carbocycles. The van der Waals surface area contributed by atoms with Crippen molar-refractivity contribution in [3.63, 3.8) is 0 Å². The summed E-state index contributed by atoms with van der Waals surface area (Å²) in [6, 6.07) is 14.6. The van der Waals surface area contributed by atoms with Crippen LogP contribution in [0.3, 0.4) is 0 Å². The van der Waals surface area contributed by atoms with E-state index in [4.69, 9.17) is 4.42 Å². The molecule has 0 aliphatic carbocycles. The molecule has 0 bridgehead atoms. The predicted octanol–water partition coefficient (Wildman–Crippen LogP) is 4.59. The van der Waals surface area contributed by atoms with Gasteiger partial charge < -0.3 is 20.4 Å². The maximum Gasteiger partial charge on any atom is 0.319 e. The zero-order chi connectivity index (χ0) is 20.1. The minimum atomic E-state index is -0.333. The first-order chi connectivity index (χ1) is 13.5. The summed E-state index contributed by atoms with van der Waals surface area (Å²) in [5.74, 6) is 0.573. The molecule has 1 unspecified atom stereocenters. The standard InChI is InChI=1S/C22H25N3O3/c1-4-15(3)24-21(26)17-9-10-19(14(2)11-17)25-22(27)23-13-18-12-16-7-5-6-8-20(16)28-18/h5-12,15H,4,13H2,1-3H3,(H,24,26)(H2,23,25,27). The van der Waals surface area contributed by atoms with Gasteiger partial charge in [0, 0.05) is 22.7 Å². The molecule has 1 heterocycles. The third-order valence-corrected chi connectivity index (χ3v) is 4.63. The van der Waals surface area contributed by atoms with Crippen molar-refractivity contribution >= 4 is 28.6 Å². The number of furan rings is 1. The Morgan fingerprint density at radius 2 is 1.89 bits per heavy atom. The highest BCUT2D eigenvalue weighted by Crippen LogP contribution is 2.19. The number of carbonyl (C=O) groups excluding carboxylic acids is 2. The van der Waals surface area contributed by atoms with Gasteiger partial charge in [-0.2, -0.15) is 0 Å². The van der Waals surface area contributed by atoms with Gasteiger partial charge in [0.2, 0.25) is 0 Å². The summed E-state index contributed by atoms with van der Waals surface area (Å²) in [5, 5.41) is 9.53. The minimum Gasteiger partial charge on any atom is -0.459 e. The highest BCUT2D eigenvalue weighted by Gasteiger charge is 2.12. The lowest BCUT2D eigenvalue weighted by molar-refractivity contribution is 0.0939. The Morgan fingerprint density at radius 1 is 1.11 bits per heavy atom. The normalized spacial score (nSPS) is 11.8. The molecule has 0 aliphatic rings. The van der Waals surface area contributed by atoms with E-state index in [2.05, 4.69) is 16.0 Å². The van der Waals surface area contributed by atoms with E-state index in [1.54, 1.807) is 18.2 Å². The molecule has 28 heavy (non-hydrogen) atoms. The topological polar surface area (TPSA) is 83.4 Å². The number of benzene rings is 2. The highest BCUT2D eigenvalue weighted by molar-refractivity contribution is 5.96. The highest BCUT2D eigenvalue weighted by atomic mass is 16.3. The smallest absolute Gasteiger partial charge is 0.319 e. The summed E-state index contributed by atoms with van der Waals surface area (Å²) in [6.07, 6.45) is 0.871. The summed E-state index contributed by atoms with van der Waals surface area (Å²) < 4.78 is 5.69. The summed E-state index contributed by atoms with van der Waals surface area (Å²) >= 11 is 0. The van der Waals surface area contributed by atoms with Crippen LogP contribution in [0.25, 0.3) is 11.0 Å². The Kier molecular flexibility index (Phi) is 5.99. The molecule has 0 spiro atoms. The van der Waals surface area contributed by atoms with Crippen molar-refractivity contribution in [3.05, 3.63) is 65.4 Å². The molecule has 3 aromatic rings. The Bertz CT molecular complexity index is 961. The van der Waals surface area contributed by atoms with Crippen LogP contribution in [0.1, 0.15) is 41.9 Å². The molecule has 6 nitrogen and oxygen atoms in total. The van der Waals surface area contributed by atoms with Gasteiger partial charge in [0.05, 0.1) is 6.54 Å². The van der Waals surface area contributed by atoms with Crippen LogP contribution in [-0.2, 0) is 6.54 Å². The lowest BCUT2D eigenvalue weighted by atomic mass is 10.1. The maximum absolute atomic E-state index is 12.2. The summed E-state index contributed by atoms with van der Waals surface area (Å²) in [7, 11) is 0. The second-order valence-corrected chi connectivity index (χ2v) is 6.87. The van der Waals surface area contributed by atoms with Gasteiger partial charge in [-0.1, -0.05) is 25.1 Å². The molecular formula is C22H25N3O3. The number of para-hydroxylation sites is 1. The molecule has 3 N–H and O–H groups in total. The number of fused-ring (bicyclic) bond motifs is 1. The number of rotatable bonds is 6. The van der Waals surface area contributed by atoms with Crippen molar-refractivity contribution in [2.75, 3.05) is 5.32 Å². The summed E-state index contributed by atoms with van der Waals surface area (Å²) in [6.45, 7) is 6.13. The molecule has 0 radical (unpaired) electrons. The Labute approximate surface area is 164 Å². The molecule has 0 fully saturated rings. The summed E-state index contributed by atoms with van der Waals surface area (Å²) in [5.41, 5.74) is 2.84. The van der Waals surface area contributed by atoms with Gasteiger partial charge in [0.15, 0.2) is 0 Å². The molecule has 0 aliphatic heterocycles. The zero-order valence-electron chi connectivity index (χ0n) is 16.3. The average Bonchev–Trinajstić information content (AvgIpc) is 3.10. The van der Waals surface area contributed by atoms with E-state index in [1.807, 2.05) is 51.1 Å². The molecule has 1 atom stereocenters. The van der Waals surface area contributed by atoms with E-state index < -0.39 is 0 Å². The zero-order valence-corrected chi connectivity index (χ0v) is 16.3. The Morgan fingerprint density at radius 3 is 2.61 bits per heavy atom. The van der Waals surface area contributed by atoms with Crippen LogP contribution in [0.15, 0.2) is 52.9 Å². The van der Waals surface area contributed by atoms with Gasteiger partial charge in [-0.3, -0.25) is 4.79 Å².